The standard InChI is InChI=1S/C31H43N3O7S2/c1-20-7-11-22(12-8-20)16-42-18-25(27(36)32-24(15-35)29(38)40-6)33-28(37)26(34-30(39)41-31(3,4)5)19-43-17-23-13-9-21(2)10-14-23/h7-14,24-26,35H,15-19H2,1-6H3,(H,32,36)(H,33,37)(H,34,39)/t24-,25-,26-/m0/s1. The Bertz CT molecular complexity index is 1200. The zero-order valence-corrected chi connectivity index (χ0v) is 27.2. The molecule has 2 aromatic carbocycles. The predicted molar refractivity (Wildman–Crippen MR) is 171 cm³/mol. The van der Waals surface area contributed by atoms with Crippen molar-refractivity contribution in [3.63, 3.8) is 0 Å². The summed E-state index contributed by atoms with van der Waals surface area (Å²) in [5.41, 5.74) is 3.59. The van der Waals surface area contributed by atoms with Crippen molar-refractivity contribution in [2.75, 3.05) is 25.2 Å². The highest BCUT2D eigenvalue weighted by Crippen LogP contribution is 2.17. The van der Waals surface area contributed by atoms with Crippen LogP contribution in [0.25, 0.3) is 0 Å². The Hall–Kier alpha value is -3.22. The summed E-state index contributed by atoms with van der Waals surface area (Å²) in [5, 5.41) is 17.4. The highest BCUT2D eigenvalue weighted by molar-refractivity contribution is 7.98. The normalized spacial score (nSPS) is 13.3. The first-order valence-corrected chi connectivity index (χ1v) is 16.2. The number of ether oxygens (including phenoxy) is 2. The lowest BCUT2D eigenvalue weighted by Crippen LogP contribution is -2.58. The van der Waals surface area contributed by atoms with E-state index in [0.717, 1.165) is 29.4 Å². The van der Waals surface area contributed by atoms with Crippen molar-refractivity contribution in [3.05, 3.63) is 70.8 Å². The third kappa shape index (κ3) is 13.7. The fourth-order valence-corrected chi connectivity index (χ4v) is 5.67. The molecule has 2 rings (SSSR count). The number of benzene rings is 2. The molecule has 0 spiro atoms. The van der Waals surface area contributed by atoms with Gasteiger partial charge < -0.3 is 30.5 Å². The van der Waals surface area contributed by atoms with Gasteiger partial charge in [-0.3, -0.25) is 9.59 Å². The maximum Gasteiger partial charge on any atom is 0.408 e. The van der Waals surface area contributed by atoms with E-state index in [1.54, 1.807) is 20.8 Å². The summed E-state index contributed by atoms with van der Waals surface area (Å²) in [6.07, 6.45) is -0.760. The summed E-state index contributed by atoms with van der Waals surface area (Å²) in [5.74, 6) is -0.509. The lowest BCUT2D eigenvalue weighted by Gasteiger charge is -2.26. The van der Waals surface area contributed by atoms with E-state index in [9.17, 15) is 24.3 Å². The van der Waals surface area contributed by atoms with Crippen LogP contribution in [0.5, 0.6) is 0 Å². The number of hydrogen-bond acceptors (Lipinski definition) is 9. The van der Waals surface area contributed by atoms with Gasteiger partial charge in [-0.05, 0) is 45.7 Å². The van der Waals surface area contributed by atoms with Crippen molar-refractivity contribution in [3.8, 4) is 0 Å². The Labute approximate surface area is 262 Å². The highest BCUT2D eigenvalue weighted by atomic mass is 32.2. The number of aliphatic hydroxyl groups is 1. The Morgan fingerprint density at radius 3 is 1.56 bits per heavy atom. The van der Waals surface area contributed by atoms with Crippen LogP contribution in [0.4, 0.5) is 4.79 Å². The molecule has 0 aromatic heterocycles. The highest BCUT2D eigenvalue weighted by Gasteiger charge is 2.31. The molecule has 3 atom stereocenters. The lowest BCUT2D eigenvalue weighted by atomic mass is 10.2. The number of esters is 1. The molecule has 4 N–H and O–H groups in total. The molecule has 236 valence electrons. The average Bonchev–Trinajstić information content (AvgIpc) is 2.95. The fourth-order valence-electron chi connectivity index (χ4n) is 3.64. The maximum absolute atomic E-state index is 13.5. The van der Waals surface area contributed by atoms with Gasteiger partial charge in [0.15, 0.2) is 6.04 Å². The summed E-state index contributed by atoms with van der Waals surface area (Å²) < 4.78 is 10.0. The molecule has 10 nitrogen and oxygen atoms in total. The summed E-state index contributed by atoms with van der Waals surface area (Å²) in [7, 11) is 1.15. The molecule has 3 amide bonds. The number of aryl methyl sites for hydroxylation is 2. The molecule has 12 heteroatoms. The van der Waals surface area contributed by atoms with Crippen LogP contribution in [-0.4, -0.2) is 77.9 Å². The van der Waals surface area contributed by atoms with Gasteiger partial charge in [0.1, 0.15) is 17.7 Å². The molecular weight excluding hydrogens is 590 g/mol. The molecule has 43 heavy (non-hydrogen) atoms. The van der Waals surface area contributed by atoms with E-state index < -0.39 is 54.2 Å². The zero-order chi connectivity index (χ0) is 32.0. The van der Waals surface area contributed by atoms with Crippen LogP contribution in [0.3, 0.4) is 0 Å². The molecule has 0 fully saturated rings. The average molecular weight is 634 g/mol. The van der Waals surface area contributed by atoms with Crippen molar-refractivity contribution < 1.29 is 33.8 Å². The summed E-state index contributed by atoms with van der Waals surface area (Å²) in [4.78, 5) is 51.4. The molecule has 0 aliphatic carbocycles. The Morgan fingerprint density at radius 1 is 0.744 bits per heavy atom. The molecule has 0 heterocycles. The second kappa shape index (κ2) is 17.8. The van der Waals surface area contributed by atoms with Crippen molar-refractivity contribution in [1.29, 1.82) is 0 Å². The SMILES string of the molecule is COC(=O)[C@H](CO)NC(=O)[C@H](CSCc1ccc(C)cc1)NC(=O)[C@H](CSCc1ccc(C)cc1)NC(=O)OC(C)(C)C. The van der Waals surface area contributed by atoms with E-state index in [-0.39, 0.29) is 11.5 Å². The number of carbonyl (C=O) groups is 4. The Balaban J connectivity index is 2.18. The quantitative estimate of drug-likeness (QED) is 0.217. The summed E-state index contributed by atoms with van der Waals surface area (Å²) in [6, 6.07) is 12.6. The second-order valence-corrected chi connectivity index (χ2v) is 13.1. The lowest BCUT2D eigenvalue weighted by molar-refractivity contribution is -0.146. The largest absolute Gasteiger partial charge is 0.467 e. The van der Waals surface area contributed by atoms with Crippen molar-refractivity contribution in [2.45, 2.75) is 69.9 Å². The number of thioether (sulfide) groups is 2. The van der Waals surface area contributed by atoms with Gasteiger partial charge in [0.2, 0.25) is 11.8 Å². The van der Waals surface area contributed by atoms with E-state index in [1.165, 1.54) is 23.5 Å². The Morgan fingerprint density at radius 2 is 1.16 bits per heavy atom. The van der Waals surface area contributed by atoms with E-state index >= 15 is 0 Å². The van der Waals surface area contributed by atoms with E-state index in [1.807, 2.05) is 62.4 Å². The van der Waals surface area contributed by atoms with Crippen LogP contribution in [-0.2, 0) is 35.4 Å². The van der Waals surface area contributed by atoms with Crippen LogP contribution in [0.2, 0.25) is 0 Å². The first-order chi connectivity index (χ1) is 20.3. The maximum atomic E-state index is 13.5. The third-order valence-electron chi connectivity index (χ3n) is 5.97. The van der Waals surface area contributed by atoms with Gasteiger partial charge in [0, 0.05) is 23.0 Å². The molecule has 0 aliphatic heterocycles. The first kappa shape index (κ1) is 36.0. The minimum absolute atomic E-state index is 0.167. The van der Waals surface area contributed by atoms with Crippen molar-refractivity contribution in [1.82, 2.24) is 16.0 Å². The van der Waals surface area contributed by atoms with E-state index in [2.05, 4.69) is 20.7 Å². The van der Waals surface area contributed by atoms with Gasteiger partial charge in [-0.25, -0.2) is 9.59 Å². The number of carbonyl (C=O) groups excluding carboxylic acids is 4. The van der Waals surface area contributed by atoms with Gasteiger partial charge in [-0.2, -0.15) is 23.5 Å². The molecule has 0 bridgehead atoms. The molecule has 0 saturated carbocycles. The number of hydrogen-bond donors (Lipinski definition) is 4. The predicted octanol–water partition coefficient (Wildman–Crippen LogP) is 3.50. The van der Waals surface area contributed by atoms with Gasteiger partial charge in [0.25, 0.3) is 0 Å². The van der Waals surface area contributed by atoms with Crippen LogP contribution >= 0.6 is 23.5 Å². The topological polar surface area (TPSA) is 143 Å². The molecular formula is C31H43N3O7S2. The number of rotatable bonds is 15. The number of amides is 3. The van der Waals surface area contributed by atoms with Gasteiger partial charge >= 0.3 is 12.1 Å². The second-order valence-electron chi connectivity index (χ2n) is 11.0. The molecule has 0 saturated heterocycles. The number of alkyl carbamates (subject to hydrolysis) is 1. The molecule has 2 aromatic rings. The Kier molecular flexibility index (Phi) is 14.9. The smallest absolute Gasteiger partial charge is 0.408 e. The summed E-state index contributed by atoms with van der Waals surface area (Å²) >= 11 is 2.87. The van der Waals surface area contributed by atoms with Gasteiger partial charge in [-0.1, -0.05) is 59.7 Å². The summed E-state index contributed by atoms with van der Waals surface area (Å²) in [6.45, 7) is 8.48. The fraction of sp³-hybridized carbons (Fsp3) is 0.484. The minimum atomic E-state index is -1.29. The van der Waals surface area contributed by atoms with Crippen LogP contribution in [0.15, 0.2) is 48.5 Å². The number of aliphatic hydroxyl groups excluding tert-OH is 1. The van der Waals surface area contributed by atoms with Crippen LogP contribution in [0.1, 0.15) is 43.0 Å². The van der Waals surface area contributed by atoms with Crippen molar-refractivity contribution >= 4 is 47.4 Å². The molecule has 0 aliphatic rings. The number of nitrogens with one attached hydrogen (secondary N) is 3. The third-order valence-corrected chi connectivity index (χ3v) is 8.19. The molecule has 0 radical (unpaired) electrons. The monoisotopic (exact) mass is 633 g/mol. The molecule has 0 unspecified atom stereocenters. The minimum Gasteiger partial charge on any atom is -0.467 e. The van der Waals surface area contributed by atoms with E-state index in [0.29, 0.717) is 11.5 Å². The van der Waals surface area contributed by atoms with Crippen LogP contribution in [0, 0.1) is 13.8 Å². The van der Waals surface area contributed by atoms with Crippen molar-refractivity contribution in [2.24, 2.45) is 0 Å². The van der Waals surface area contributed by atoms with Crippen LogP contribution < -0.4 is 16.0 Å². The zero-order valence-electron chi connectivity index (χ0n) is 25.6. The van der Waals surface area contributed by atoms with E-state index in [4.69, 9.17) is 4.74 Å². The number of methoxy groups -OCH3 is 1. The van der Waals surface area contributed by atoms with Gasteiger partial charge in [0.05, 0.1) is 13.7 Å². The first-order valence-electron chi connectivity index (χ1n) is 13.9. The van der Waals surface area contributed by atoms with Gasteiger partial charge in [-0.15, -0.1) is 0 Å².